The third-order valence-electron chi connectivity index (χ3n) is 3.31. The Labute approximate surface area is 95.5 Å². The van der Waals surface area contributed by atoms with Crippen molar-refractivity contribution in [3.05, 3.63) is 30.3 Å². The van der Waals surface area contributed by atoms with E-state index in [1.165, 1.54) is 18.5 Å². The molecule has 3 rings (SSSR count). The van der Waals surface area contributed by atoms with Crippen molar-refractivity contribution in [2.75, 3.05) is 18.0 Å². The molecule has 3 heteroatoms. The minimum atomic E-state index is 0.665. The van der Waals surface area contributed by atoms with Gasteiger partial charge >= 0.3 is 0 Å². The van der Waals surface area contributed by atoms with E-state index in [1.807, 2.05) is 6.07 Å². The van der Waals surface area contributed by atoms with Crippen LogP contribution in [-0.4, -0.2) is 29.1 Å². The second kappa shape index (κ2) is 3.49. The molecule has 0 aliphatic carbocycles. The predicted octanol–water partition coefficient (Wildman–Crippen LogP) is 2.26. The van der Waals surface area contributed by atoms with Crippen molar-refractivity contribution in [3.63, 3.8) is 0 Å². The largest absolute Gasteiger partial charge is 0.344 e. The van der Waals surface area contributed by atoms with Crippen LogP contribution in [0.5, 0.6) is 0 Å². The van der Waals surface area contributed by atoms with Gasteiger partial charge in [-0.1, -0.05) is 18.2 Å². The van der Waals surface area contributed by atoms with E-state index in [-0.39, 0.29) is 0 Å². The molecule has 78 valence electrons. The molecule has 1 aromatic rings. The number of fused-ring (bicyclic) bond motifs is 1. The summed E-state index contributed by atoms with van der Waals surface area (Å²) in [6, 6.07) is 11.1. The second-order valence-electron chi connectivity index (χ2n) is 4.22. The monoisotopic (exact) mass is 218 g/mol. The third-order valence-corrected chi connectivity index (χ3v) is 3.77. The Morgan fingerprint density at radius 1 is 1.20 bits per heavy atom. The number of nitrogens with zero attached hydrogens (tertiary/aromatic N) is 2. The van der Waals surface area contributed by atoms with Crippen LogP contribution in [0, 0.1) is 0 Å². The standard InChI is InChI=1S/C12H14N2S/c15-12-13-8-4-7-11(13)9-14(12)10-5-2-1-3-6-10/h1-3,5-6,11H,4,7-9H2/t11-/m1/s1. The third kappa shape index (κ3) is 1.42. The summed E-state index contributed by atoms with van der Waals surface area (Å²) in [5, 5.41) is 1.02. The number of hydrogen-bond acceptors (Lipinski definition) is 1. The Kier molecular flexibility index (Phi) is 2.13. The lowest BCUT2D eigenvalue weighted by Crippen LogP contribution is -2.31. The summed E-state index contributed by atoms with van der Waals surface area (Å²) in [7, 11) is 0. The summed E-state index contributed by atoms with van der Waals surface area (Å²) in [5.41, 5.74) is 1.23. The first kappa shape index (κ1) is 9.16. The predicted molar refractivity (Wildman–Crippen MR) is 66.1 cm³/mol. The molecular weight excluding hydrogens is 204 g/mol. The smallest absolute Gasteiger partial charge is 0.176 e. The second-order valence-corrected chi connectivity index (χ2v) is 4.58. The van der Waals surface area contributed by atoms with Gasteiger partial charge < -0.3 is 9.80 Å². The summed E-state index contributed by atoms with van der Waals surface area (Å²) in [6.07, 6.45) is 2.59. The molecule has 1 atom stereocenters. The normalized spacial score (nSPS) is 24.8. The van der Waals surface area contributed by atoms with E-state index in [0.29, 0.717) is 6.04 Å². The minimum Gasteiger partial charge on any atom is -0.344 e. The van der Waals surface area contributed by atoms with Crippen LogP contribution in [0.2, 0.25) is 0 Å². The zero-order valence-corrected chi connectivity index (χ0v) is 9.41. The van der Waals surface area contributed by atoms with Crippen molar-refractivity contribution in [3.8, 4) is 0 Å². The van der Waals surface area contributed by atoms with Gasteiger partial charge in [0.1, 0.15) is 0 Å². The van der Waals surface area contributed by atoms with E-state index >= 15 is 0 Å². The van der Waals surface area contributed by atoms with E-state index in [0.717, 1.165) is 18.2 Å². The maximum atomic E-state index is 5.51. The lowest BCUT2D eigenvalue weighted by molar-refractivity contribution is 0.443. The maximum absolute atomic E-state index is 5.51. The van der Waals surface area contributed by atoms with Crippen molar-refractivity contribution in [2.24, 2.45) is 0 Å². The van der Waals surface area contributed by atoms with Gasteiger partial charge in [0.2, 0.25) is 0 Å². The number of thiocarbonyl (C=S) groups is 1. The van der Waals surface area contributed by atoms with Crippen LogP contribution >= 0.6 is 12.2 Å². The number of para-hydroxylation sites is 1. The summed E-state index contributed by atoms with van der Waals surface area (Å²) in [5.74, 6) is 0. The van der Waals surface area contributed by atoms with E-state index in [9.17, 15) is 0 Å². The zero-order chi connectivity index (χ0) is 10.3. The number of anilines is 1. The van der Waals surface area contributed by atoms with Gasteiger partial charge in [0.25, 0.3) is 0 Å². The van der Waals surface area contributed by atoms with Crippen LogP contribution in [0.25, 0.3) is 0 Å². The molecule has 2 saturated heterocycles. The van der Waals surface area contributed by atoms with Gasteiger partial charge in [0.05, 0.1) is 0 Å². The molecule has 0 radical (unpaired) electrons. The SMILES string of the molecule is S=C1N(c2ccccc2)C[C@H]2CCCN12. The van der Waals surface area contributed by atoms with Crippen molar-refractivity contribution in [2.45, 2.75) is 18.9 Å². The highest BCUT2D eigenvalue weighted by molar-refractivity contribution is 7.80. The molecule has 1 aromatic carbocycles. The Hall–Kier alpha value is -1.09. The molecule has 2 aliphatic rings. The van der Waals surface area contributed by atoms with Crippen LogP contribution in [0.4, 0.5) is 5.69 Å². The molecule has 2 aliphatic heterocycles. The molecule has 0 bridgehead atoms. The van der Waals surface area contributed by atoms with Crippen LogP contribution in [-0.2, 0) is 0 Å². The molecule has 2 heterocycles. The average molecular weight is 218 g/mol. The molecule has 2 nitrogen and oxygen atoms in total. The molecule has 0 unspecified atom stereocenters. The van der Waals surface area contributed by atoms with Gasteiger partial charge in [-0.05, 0) is 37.2 Å². The summed E-state index contributed by atoms with van der Waals surface area (Å²) in [6.45, 7) is 2.22. The van der Waals surface area contributed by atoms with Gasteiger partial charge in [0, 0.05) is 24.8 Å². The molecule has 0 aromatic heterocycles. The van der Waals surface area contributed by atoms with Gasteiger partial charge in [-0.3, -0.25) is 0 Å². The van der Waals surface area contributed by atoms with Crippen molar-refractivity contribution in [1.82, 2.24) is 4.90 Å². The maximum Gasteiger partial charge on any atom is 0.176 e. The van der Waals surface area contributed by atoms with E-state index in [4.69, 9.17) is 12.2 Å². The first-order valence-corrected chi connectivity index (χ1v) is 5.90. The first-order valence-electron chi connectivity index (χ1n) is 5.49. The molecule has 0 N–H and O–H groups in total. The summed E-state index contributed by atoms with van der Waals surface area (Å²) in [4.78, 5) is 4.64. The van der Waals surface area contributed by atoms with Gasteiger partial charge in [-0.15, -0.1) is 0 Å². The fourth-order valence-corrected chi connectivity index (χ4v) is 2.97. The Bertz CT molecular complexity index is 376. The van der Waals surface area contributed by atoms with E-state index in [2.05, 4.69) is 34.1 Å². The molecule has 0 spiro atoms. The quantitative estimate of drug-likeness (QED) is 0.668. The van der Waals surface area contributed by atoms with E-state index in [1.54, 1.807) is 0 Å². The fourth-order valence-electron chi connectivity index (χ4n) is 2.55. The van der Waals surface area contributed by atoms with E-state index < -0.39 is 0 Å². The number of benzene rings is 1. The van der Waals surface area contributed by atoms with Crippen LogP contribution < -0.4 is 4.90 Å². The summed E-state index contributed by atoms with van der Waals surface area (Å²) >= 11 is 5.51. The lowest BCUT2D eigenvalue weighted by atomic mass is 10.2. The van der Waals surface area contributed by atoms with Crippen molar-refractivity contribution in [1.29, 1.82) is 0 Å². The number of rotatable bonds is 1. The van der Waals surface area contributed by atoms with Gasteiger partial charge in [-0.25, -0.2) is 0 Å². The highest BCUT2D eigenvalue weighted by atomic mass is 32.1. The first-order chi connectivity index (χ1) is 7.36. The molecule has 15 heavy (non-hydrogen) atoms. The number of hydrogen-bond donors (Lipinski definition) is 0. The Morgan fingerprint density at radius 3 is 2.73 bits per heavy atom. The molecule has 0 saturated carbocycles. The fraction of sp³-hybridized carbons (Fsp3) is 0.417. The van der Waals surface area contributed by atoms with Crippen LogP contribution in [0.15, 0.2) is 30.3 Å². The van der Waals surface area contributed by atoms with Gasteiger partial charge in [0.15, 0.2) is 5.11 Å². The molecule has 2 fully saturated rings. The Morgan fingerprint density at radius 2 is 2.00 bits per heavy atom. The highest BCUT2D eigenvalue weighted by Gasteiger charge is 2.37. The topological polar surface area (TPSA) is 6.48 Å². The average Bonchev–Trinajstić information content (AvgIpc) is 2.83. The lowest BCUT2D eigenvalue weighted by Gasteiger charge is -2.20. The van der Waals surface area contributed by atoms with Gasteiger partial charge in [-0.2, -0.15) is 0 Å². The van der Waals surface area contributed by atoms with Crippen LogP contribution in [0.3, 0.4) is 0 Å². The highest BCUT2D eigenvalue weighted by Crippen LogP contribution is 2.29. The minimum absolute atomic E-state index is 0.665. The van der Waals surface area contributed by atoms with Crippen molar-refractivity contribution < 1.29 is 0 Å². The Balaban J connectivity index is 1.88. The zero-order valence-electron chi connectivity index (χ0n) is 8.60. The summed E-state index contributed by atoms with van der Waals surface area (Å²) < 4.78 is 0. The van der Waals surface area contributed by atoms with Crippen LogP contribution in [0.1, 0.15) is 12.8 Å². The molecule has 0 amide bonds. The van der Waals surface area contributed by atoms with Crippen molar-refractivity contribution >= 4 is 23.0 Å². The molecular formula is C12H14N2S.